The van der Waals surface area contributed by atoms with Crippen molar-refractivity contribution < 1.29 is 14.2 Å². The van der Waals surface area contributed by atoms with Crippen molar-refractivity contribution in [1.29, 1.82) is 0 Å². The van der Waals surface area contributed by atoms with Gasteiger partial charge in [-0.05, 0) is 37.1 Å². The monoisotopic (exact) mass is 265 g/mol. The van der Waals surface area contributed by atoms with Crippen LogP contribution in [0.1, 0.15) is 32.3 Å². The molecule has 0 spiro atoms. The Hall–Kier alpha value is -1.26. The van der Waals surface area contributed by atoms with Crippen molar-refractivity contribution in [2.45, 2.75) is 39.3 Å². The molecule has 2 rings (SSSR count). The Balaban J connectivity index is 1.58. The summed E-state index contributed by atoms with van der Waals surface area (Å²) in [5, 5.41) is 3.40. The van der Waals surface area contributed by atoms with Crippen LogP contribution in [-0.2, 0) is 11.3 Å². The van der Waals surface area contributed by atoms with Gasteiger partial charge in [0.05, 0.1) is 6.61 Å². The van der Waals surface area contributed by atoms with Gasteiger partial charge in [-0.1, -0.05) is 19.9 Å². The summed E-state index contributed by atoms with van der Waals surface area (Å²) in [4.78, 5) is 0. The van der Waals surface area contributed by atoms with Gasteiger partial charge in [0, 0.05) is 12.6 Å². The van der Waals surface area contributed by atoms with Crippen LogP contribution < -0.4 is 14.8 Å². The van der Waals surface area contributed by atoms with E-state index in [1.807, 2.05) is 18.2 Å². The third-order valence-corrected chi connectivity index (χ3v) is 2.97. The van der Waals surface area contributed by atoms with Gasteiger partial charge in [0.15, 0.2) is 11.5 Å². The summed E-state index contributed by atoms with van der Waals surface area (Å²) >= 11 is 0. The molecule has 1 aliphatic heterocycles. The number of fused-ring (bicyclic) bond motifs is 1. The smallest absolute Gasteiger partial charge is 0.231 e. The highest BCUT2D eigenvalue weighted by atomic mass is 16.7. The standard InChI is InChI=1S/C15H23NO3/c1-12(2)16-7-3-4-8-17-10-13-5-6-14-15(9-13)19-11-18-14/h5-6,9,12,16H,3-4,7-8,10-11H2,1-2H3. The van der Waals surface area contributed by atoms with Crippen molar-refractivity contribution in [1.82, 2.24) is 5.32 Å². The Morgan fingerprint density at radius 3 is 2.89 bits per heavy atom. The van der Waals surface area contributed by atoms with Gasteiger partial charge >= 0.3 is 0 Å². The molecule has 0 bridgehead atoms. The Labute approximate surface area is 115 Å². The third-order valence-electron chi connectivity index (χ3n) is 2.97. The minimum absolute atomic E-state index is 0.322. The second-order valence-corrected chi connectivity index (χ2v) is 5.06. The molecule has 4 heteroatoms. The molecule has 19 heavy (non-hydrogen) atoms. The van der Waals surface area contributed by atoms with E-state index in [-0.39, 0.29) is 0 Å². The number of ether oxygens (including phenoxy) is 3. The Morgan fingerprint density at radius 2 is 2.05 bits per heavy atom. The van der Waals surface area contributed by atoms with Crippen LogP contribution in [0.25, 0.3) is 0 Å². The number of rotatable bonds is 8. The number of nitrogens with one attached hydrogen (secondary N) is 1. The maximum absolute atomic E-state index is 5.66. The van der Waals surface area contributed by atoms with Crippen LogP contribution in [0.5, 0.6) is 11.5 Å². The Kier molecular flexibility index (Phi) is 5.48. The third kappa shape index (κ3) is 4.73. The second-order valence-electron chi connectivity index (χ2n) is 5.06. The first-order chi connectivity index (χ1) is 9.25. The molecule has 0 aromatic heterocycles. The van der Waals surface area contributed by atoms with Crippen LogP contribution in [-0.4, -0.2) is 26.0 Å². The number of hydrogen-bond donors (Lipinski definition) is 1. The highest BCUT2D eigenvalue weighted by molar-refractivity contribution is 5.44. The molecule has 0 saturated carbocycles. The van der Waals surface area contributed by atoms with E-state index in [4.69, 9.17) is 14.2 Å². The molecular formula is C15H23NO3. The quantitative estimate of drug-likeness (QED) is 0.734. The SMILES string of the molecule is CC(C)NCCCCOCc1ccc2c(c1)OCO2. The van der Waals surface area contributed by atoms with Crippen LogP contribution in [0.15, 0.2) is 18.2 Å². The fourth-order valence-electron chi connectivity index (χ4n) is 1.94. The largest absolute Gasteiger partial charge is 0.454 e. The van der Waals surface area contributed by atoms with Crippen LogP contribution >= 0.6 is 0 Å². The summed E-state index contributed by atoms with van der Waals surface area (Å²) in [6, 6.07) is 6.51. The highest BCUT2D eigenvalue weighted by Gasteiger charge is 2.12. The van der Waals surface area contributed by atoms with Gasteiger partial charge in [0.2, 0.25) is 6.79 Å². The first kappa shape index (κ1) is 14.2. The summed E-state index contributed by atoms with van der Waals surface area (Å²) in [7, 11) is 0. The highest BCUT2D eigenvalue weighted by Crippen LogP contribution is 2.32. The number of benzene rings is 1. The summed E-state index contributed by atoms with van der Waals surface area (Å²) in [6.45, 7) is 7.14. The van der Waals surface area contributed by atoms with Crippen LogP contribution in [0, 0.1) is 0 Å². The fraction of sp³-hybridized carbons (Fsp3) is 0.600. The van der Waals surface area contributed by atoms with E-state index < -0.39 is 0 Å². The molecule has 0 atom stereocenters. The maximum Gasteiger partial charge on any atom is 0.231 e. The summed E-state index contributed by atoms with van der Waals surface area (Å²) in [5.74, 6) is 1.64. The van der Waals surface area contributed by atoms with E-state index in [9.17, 15) is 0 Å². The van der Waals surface area contributed by atoms with Gasteiger partial charge in [-0.2, -0.15) is 0 Å². The van der Waals surface area contributed by atoms with Crippen LogP contribution in [0.4, 0.5) is 0 Å². The van der Waals surface area contributed by atoms with E-state index in [2.05, 4.69) is 19.2 Å². The number of unbranched alkanes of at least 4 members (excludes halogenated alkanes) is 1. The van der Waals surface area contributed by atoms with Crippen molar-refractivity contribution in [3.63, 3.8) is 0 Å². The van der Waals surface area contributed by atoms with Crippen LogP contribution in [0.2, 0.25) is 0 Å². The molecule has 4 nitrogen and oxygen atoms in total. The second kappa shape index (κ2) is 7.36. The fourth-order valence-corrected chi connectivity index (χ4v) is 1.94. The van der Waals surface area contributed by atoms with Crippen molar-refractivity contribution in [3.8, 4) is 11.5 Å². The molecule has 1 heterocycles. The maximum atomic E-state index is 5.66. The van der Waals surface area contributed by atoms with Crippen molar-refractivity contribution >= 4 is 0 Å². The average molecular weight is 265 g/mol. The summed E-state index contributed by atoms with van der Waals surface area (Å²) < 4.78 is 16.3. The lowest BCUT2D eigenvalue weighted by atomic mass is 10.2. The molecular weight excluding hydrogens is 242 g/mol. The predicted molar refractivity (Wildman–Crippen MR) is 74.6 cm³/mol. The lowest BCUT2D eigenvalue weighted by Gasteiger charge is -2.08. The number of hydrogen-bond acceptors (Lipinski definition) is 4. The molecule has 0 fully saturated rings. The van der Waals surface area contributed by atoms with E-state index in [1.165, 1.54) is 0 Å². The van der Waals surface area contributed by atoms with E-state index in [1.54, 1.807) is 0 Å². The zero-order chi connectivity index (χ0) is 13.5. The zero-order valence-corrected chi connectivity index (χ0v) is 11.8. The lowest BCUT2D eigenvalue weighted by Crippen LogP contribution is -2.23. The molecule has 1 N–H and O–H groups in total. The topological polar surface area (TPSA) is 39.7 Å². The first-order valence-electron chi connectivity index (χ1n) is 6.95. The minimum atomic E-state index is 0.322. The zero-order valence-electron chi connectivity index (χ0n) is 11.8. The van der Waals surface area contributed by atoms with Gasteiger partial charge in [0.1, 0.15) is 0 Å². The van der Waals surface area contributed by atoms with Gasteiger partial charge in [-0.15, -0.1) is 0 Å². The van der Waals surface area contributed by atoms with Gasteiger partial charge in [-0.25, -0.2) is 0 Å². The molecule has 0 amide bonds. The molecule has 1 aromatic carbocycles. The molecule has 0 radical (unpaired) electrons. The molecule has 1 aliphatic rings. The predicted octanol–water partition coefficient (Wildman–Crippen LogP) is 2.71. The molecule has 1 aromatic rings. The molecule has 0 saturated heterocycles. The van der Waals surface area contributed by atoms with Gasteiger partial charge < -0.3 is 19.5 Å². The molecule has 0 aliphatic carbocycles. The first-order valence-corrected chi connectivity index (χ1v) is 6.95. The van der Waals surface area contributed by atoms with E-state index in [0.29, 0.717) is 19.4 Å². The molecule has 106 valence electrons. The Bertz CT molecular complexity index is 393. The normalized spacial score (nSPS) is 13.2. The summed E-state index contributed by atoms with van der Waals surface area (Å²) in [5.41, 5.74) is 1.13. The molecule has 0 unspecified atom stereocenters. The Morgan fingerprint density at radius 1 is 1.21 bits per heavy atom. The minimum Gasteiger partial charge on any atom is -0.454 e. The summed E-state index contributed by atoms with van der Waals surface area (Å²) in [6.07, 6.45) is 2.24. The van der Waals surface area contributed by atoms with Crippen LogP contribution in [0.3, 0.4) is 0 Å². The van der Waals surface area contributed by atoms with Gasteiger partial charge in [-0.3, -0.25) is 0 Å². The lowest BCUT2D eigenvalue weighted by molar-refractivity contribution is 0.117. The van der Waals surface area contributed by atoms with Gasteiger partial charge in [0.25, 0.3) is 0 Å². The van der Waals surface area contributed by atoms with Crippen molar-refractivity contribution in [2.75, 3.05) is 19.9 Å². The average Bonchev–Trinajstić information content (AvgIpc) is 2.84. The van der Waals surface area contributed by atoms with Crippen molar-refractivity contribution in [2.24, 2.45) is 0 Å². The van der Waals surface area contributed by atoms with E-state index in [0.717, 1.165) is 43.1 Å². The van der Waals surface area contributed by atoms with Crippen molar-refractivity contribution in [3.05, 3.63) is 23.8 Å². The van der Waals surface area contributed by atoms with E-state index >= 15 is 0 Å².